The fraction of sp³-hybridized carbons (Fsp3) is 0.857. The molecule has 486 valence electrons. The third kappa shape index (κ3) is 70.0. The van der Waals surface area contributed by atoms with Gasteiger partial charge in [-0.05, 0) is 83.5 Å². The van der Waals surface area contributed by atoms with Crippen LogP contribution in [0.15, 0.2) is 48.6 Å². The van der Waals surface area contributed by atoms with Crippen molar-refractivity contribution in [1.29, 1.82) is 0 Å². The van der Waals surface area contributed by atoms with Gasteiger partial charge in [0.2, 0.25) is 0 Å². The molecule has 6 nitrogen and oxygen atoms in total. The molecular formula is C77H142O6. The molecule has 0 aliphatic rings. The van der Waals surface area contributed by atoms with Gasteiger partial charge in [0.15, 0.2) is 6.10 Å². The smallest absolute Gasteiger partial charge is 0.306 e. The van der Waals surface area contributed by atoms with Crippen molar-refractivity contribution in [3.05, 3.63) is 48.6 Å². The average molecular weight is 1160 g/mol. The van der Waals surface area contributed by atoms with Crippen LogP contribution in [0.25, 0.3) is 0 Å². The molecule has 0 aliphatic carbocycles. The molecule has 0 aromatic carbocycles. The number of carbonyl (C=O) groups excluding carboxylic acids is 3. The van der Waals surface area contributed by atoms with E-state index in [1.165, 1.54) is 295 Å². The maximum Gasteiger partial charge on any atom is 0.306 e. The summed E-state index contributed by atoms with van der Waals surface area (Å²) in [6.45, 7) is 6.70. The van der Waals surface area contributed by atoms with Crippen LogP contribution >= 0.6 is 0 Å². The molecule has 0 heterocycles. The van der Waals surface area contributed by atoms with Crippen LogP contribution in [0.4, 0.5) is 0 Å². The molecule has 0 aromatic rings. The van der Waals surface area contributed by atoms with Crippen molar-refractivity contribution in [3.8, 4) is 0 Å². The van der Waals surface area contributed by atoms with Crippen LogP contribution < -0.4 is 0 Å². The summed E-state index contributed by atoms with van der Waals surface area (Å²) in [4.78, 5) is 38.5. The van der Waals surface area contributed by atoms with Crippen LogP contribution in [0, 0.1) is 0 Å². The van der Waals surface area contributed by atoms with Crippen LogP contribution in [0.3, 0.4) is 0 Å². The summed E-state index contributed by atoms with van der Waals surface area (Å²) in [5.74, 6) is -0.843. The Hall–Kier alpha value is -2.63. The quantitative estimate of drug-likeness (QED) is 0.0261. The van der Waals surface area contributed by atoms with Crippen LogP contribution in [-0.4, -0.2) is 37.2 Å². The number of hydrogen-bond acceptors (Lipinski definition) is 6. The molecule has 0 saturated heterocycles. The van der Waals surface area contributed by atoms with Gasteiger partial charge in [0, 0.05) is 19.3 Å². The van der Waals surface area contributed by atoms with E-state index in [0.29, 0.717) is 19.3 Å². The highest BCUT2D eigenvalue weighted by atomic mass is 16.6. The predicted octanol–water partition coefficient (Wildman–Crippen LogP) is 25.7. The maximum atomic E-state index is 13.0. The molecule has 0 rings (SSSR count). The lowest BCUT2D eigenvalue weighted by atomic mass is 10.0. The van der Waals surface area contributed by atoms with E-state index < -0.39 is 6.10 Å². The molecule has 1 unspecified atom stereocenters. The molecule has 0 N–H and O–H groups in total. The van der Waals surface area contributed by atoms with Gasteiger partial charge in [-0.15, -0.1) is 0 Å². The summed E-state index contributed by atoms with van der Waals surface area (Å²) in [5.41, 5.74) is 0. The zero-order valence-electron chi connectivity index (χ0n) is 56.0. The normalized spacial score (nSPS) is 12.3. The van der Waals surface area contributed by atoms with Crippen molar-refractivity contribution in [2.24, 2.45) is 0 Å². The van der Waals surface area contributed by atoms with Gasteiger partial charge in [-0.1, -0.05) is 352 Å². The van der Waals surface area contributed by atoms with Crippen LogP contribution in [0.5, 0.6) is 0 Å². The molecule has 0 bridgehead atoms. The largest absolute Gasteiger partial charge is 0.462 e. The van der Waals surface area contributed by atoms with Crippen molar-refractivity contribution in [1.82, 2.24) is 0 Å². The second kappa shape index (κ2) is 71.8. The molecule has 1 atom stereocenters. The summed E-state index contributed by atoms with van der Waals surface area (Å²) in [6.07, 6.45) is 91.5. The fourth-order valence-electron chi connectivity index (χ4n) is 11.2. The molecule has 6 heteroatoms. The fourth-order valence-corrected chi connectivity index (χ4v) is 11.2. The van der Waals surface area contributed by atoms with Gasteiger partial charge in [0.05, 0.1) is 0 Å². The van der Waals surface area contributed by atoms with Gasteiger partial charge in [0.1, 0.15) is 13.2 Å². The van der Waals surface area contributed by atoms with Gasteiger partial charge in [0.25, 0.3) is 0 Å². The number of hydrogen-bond donors (Lipinski definition) is 0. The average Bonchev–Trinajstić information content (AvgIpc) is 3.49. The van der Waals surface area contributed by atoms with E-state index in [1.807, 2.05) is 0 Å². The van der Waals surface area contributed by atoms with E-state index in [1.54, 1.807) is 0 Å². The number of allylic oxidation sites excluding steroid dienone is 8. The predicted molar refractivity (Wildman–Crippen MR) is 362 cm³/mol. The van der Waals surface area contributed by atoms with Gasteiger partial charge in [-0.3, -0.25) is 14.4 Å². The summed E-state index contributed by atoms with van der Waals surface area (Å²) >= 11 is 0. The van der Waals surface area contributed by atoms with Crippen molar-refractivity contribution >= 4 is 17.9 Å². The van der Waals surface area contributed by atoms with E-state index in [9.17, 15) is 14.4 Å². The molecule has 0 spiro atoms. The zero-order valence-corrected chi connectivity index (χ0v) is 56.0. The van der Waals surface area contributed by atoms with Gasteiger partial charge < -0.3 is 14.2 Å². The highest BCUT2D eigenvalue weighted by Gasteiger charge is 2.19. The standard InChI is InChI=1S/C77H142O6/c1-4-7-10-13-16-19-22-25-28-31-32-33-34-35-36-37-38-39-40-41-42-43-44-47-49-52-55-58-61-64-67-70-76(79)82-73-74(83-77(80)71-68-65-62-59-56-53-50-46-30-27-24-21-18-15-12-9-6-3)72-81-75(78)69-66-63-60-57-54-51-48-45-29-26-23-20-17-14-11-8-5-2/h22,25,27,30-32,34-35,74H,4-21,23-24,26,28-29,33,36-73H2,1-3H3/b25-22-,30-27-,32-31-,35-34-. The van der Waals surface area contributed by atoms with Crippen molar-refractivity contribution < 1.29 is 28.6 Å². The minimum atomic E-state index is -0.774. The number of rotatable bonds is 69. The minimum Gasteiger partial charge on any atom is -0.462 e. The molecule has 0 radical (unpaired) electrons. The van der Waals surface area contributed by atoms with Crippen molar-refractivity contribution in [2.75, 3.05) is 13.2 Å². The van der Waals surface area contributed by atoms with E-state index in [0.717, 1.165) is 70.6 Å². The zero-order chi connectivity index (χ0) is 59.9. The van der Waals surface area contributed by atoms with Crippen LogP contribution in [0.1, 0.15) is 406 Å². The Morgan fingerprint density at radius 2 is 0.434 bits per heavy atom. The summed E-state index contributed by atoms with van der Waals surface area (Å²) in [7, 11) is 0. The number of esters is 3. The van der Waals surface area contributed by atoms with E-state index in [2.05, 4.69) is 69.4 Å². The SMILES string of the molecule is CCCCCCC/C=C\C/C=C\C/C=C\CCCCCCCCCCCCCCCCCCC(=O)OCC(COC(=O)CCCCCCCCCCCCCCCCCCC)OC(=O)CCCCCCCCC/C=C\CCCCCCCC. The summed E-state index contributed by atoms with van der Waals surface area (Å²) in [5, 5.41) is 0. The molecule has 0 amide bonds. The first-order valence-electron chi connectivity index (χ1n) is 37.1. The first-order valence-corrected chi connectivity index (χ1v) is 37.1. The van der Waals surface area contributed by atoms with Gasteiger partial charge >= 0.3 is 17.9 Å². The Morgan fingerprint density at radius 3 is 0.687 bits per heavy atom. The third-order valence-electron chi connectivity index (χ3n) is 16.8. The van der Waals surface area contributed by atoms with E-state index >= 15 is 0 Å². The number of carbonyl (C=O) groups is 3. The first-order chi connectivity index (χ1) is 41.0. The molecule has 83 heavy (non-hydrogen) atoms. The van der Waals surface area contributed by atoms with E-state index in [4.69, 9.17) is 14.2 Å². The Bertz CT molecular complexity index is 1430. The Labute approximate surface area is 518 Å². The number of ether oxygens (including phenoxy) is 3. The lowest BCUT2D eigenvalue weighted by molar-refractivity contribution is -0.167. The van der Waals surface area contributed by atoms with Crippen LogP contribution in [-0.2, 0) is 28.6 Å². The lowest BCUT2D eigenvalue weighted by Gasteiger charge is -2.18. The summed E-state index contributed by atoms with van der Waals surface area (Å²) in [6, 6.07) is 0. The Kier molecular flexibility index (Phi) is 69.6. The minimum absolute atomic E-state index is 0.0689. The Balaban J connectivity index is 4.21. The van der Waals surface area contributed by atoms with E-state index in [-0.39, 0.29) is 31.1 Å². The third-order valence-corrected chi connectivity index (χ3v) is 16.8. The first kappa shape index (κ1) is 80.4. The highest BCUT2D eigenvalue weighted by Crippen LogP contribution is 2.19. The molecule has 0 fully saturated rings. The molecule has 0 saturated carbocycles. The topological polar surface area (TPSA) is 78.9 Å². The van der Waals surface area contributed by atoms with Crippen molar-refractivity contribution in [3.63, 3.8) is 0 Å². The Morgan fingerprint density at radius 1 is 0.241 bits per heavy atom. The second-order valence-electron chi connectivity index (χ2n) is 25.2. The van der Waals surface area contributed by atoms with Gasteiger partial charge in [-0.25, -0.2) is 0 Å². The summed E-state index contributed by atoms with van der Waals surface area (Å²) < 4.78 is 17.0. The second-order valence-corrected chi connectivity index (χ2v) is 25.2. The van der Waals surface area contributed by atoms with Crippen molar-refractivity contribution in [2.45, 2.75) is 412 Å². The molecule has 0 aromatic heterocycles. The maximum absolute atomic E-state index is 13.0. The molecular weight excluding hydrogens is 1020 g/mol. The van der Waals surface area contributed by atoms with Crippen LogP contribution in [0.2, 0.25) is 0 Å². The monoisotopic (exact) mass is 1160 g/mol. The molecule has 0 aliphatic heterocycles. The number of unbranched alkanes of at least 4 members (excludes halogenated alkanes) is 50. The lowest BCUT2D eigenvalue weighted by Crippen LogP contribution is -2.30. The van der Waals surface area contributed by atoms with Gasteiger partial charge in [-0.2, -0.15) is 0 Å². The highest BCUT2D eigenvalue weighted by molar-refractivity contribution is 5.71.